The summed E-state index contributed by atoms with van der Waals surface area (Å²) >= 11 is 13.3. The van der Waals surface area contributed by atoms with Crippen LogP contribution < -0.4 is 15.5 Å². The van der Waals surface area contributed by atoms with Gasteiger partial charge in [-0.1, -0.05) is 29.3 Å². The Balaban J connectivity index is 1.36. The first-order valence-corrected chi connectivity index (χ1v) is 14.0. The molecule has 0 aliphatic heterocycles. The monoisotopic (exact) mass is 587 g/mol. The summed E-state index contributed by atoms with van der Waals surface area (Å²) in [5, 5.41) is 8.12. The smallest absolute Gasteiger partial charge is 0.341 e. The molecular weight excluding hydrogens is 561 g/mol. The summed E-state index contributed by atoms with van der Waals surface area (Å²) in [6.07, 6.45) is 4.35. The van der Waals surface area contributed by atoms with Crippen LogP contribution in [-0.4, -0.2) is 36.7 Å². The van der Waals surface area contributed by atoms with Crippen molar-refractivity contribution in [2.24, 2.45) is 5.10 Å². The van der Waals surface area contributed by atoms with Crippen LogP contribution in [0.2, 0.25) is 10.0 Å². The summed E-state index contributed by atoms with van der Waals surface area (Å²) in [7, 11) is 0. The Morgan fingerprint density at radius 2 is 1.82 bits per heavy atom. The summed E-state index contributed by atoms with van der Waals surface area (Å²) in [6.45, 7) is 3.60. The maximum absolute atomic E-state index is 13.0. The van der Waals surface area contributed by atoms with Gasteiger partial charge in [-0.25, -0.2) is 10.2 Å². The molecule has 1 aliphatic carbocycles. The molecular formula is C28H27Cl2N3O5S. The Hall–Kier alpha value is -3.40. The van der Waals surface area contributed by atoms with Crippen molar-refractivity contribution >= 4 is 63.5 Å². The number of hydrazone groups is 1. The molecule has 0 fully saturated rings. The van der Waals surface area contributed by atoms with Gasteiger partial charge in [0.2, 0.25) is 0 Å². The van der Waals surface area contributed by atoms with Crippen molar-refractivity contribution in [2.75, 3.05) is 11.9 Å². The second-order valence-electron chi connectivity index (χ2n) is 8.78. The third kappa shape index (κ3) is 7.17. The Morgan fingerprint density at radius 3 is 2.54 bits per heavy atom. The highest BCUT2D eigenvalue weighted by Crippen LogP contribution is 2.39. The SMILES string of the molecule is CCOC(=O)c1c(NC(=O)c2ccc(OC(C)C(=O)N/N=C/c3ccc(Cl)c(Cl)c3)cc2)sc2c1CCCC2. The Kier molecular flexibility index (Phi) is 9.61. The molecule has 1 unspecified atom stereocenters. The number of anilines is 1. The van der Waals surface area contributed by atoms with Crippen LogP contribution in [0, 0.1) is 0 Å². The van der Waals surface area contributed by atoms with E-state index in [0.717, 1.165) is 36.1 Å². The molecule has 0 saturated carbocycles. The molecule has 3 aromatic rings. The second-order valence-corrected chi connectivity index (χ2v) is 10.7. The lowest BCUT2D eigenvalue weighted by Gasteiger charge is -2.13. The van der Waals surface area contributed by atoms with Gasteiger partial charge in [0.25, 0.3) is 11.8 Å². The summed E-state index contributed by atoms with van der Waals surface area (Å²) < 4.78 is 10.9. The Morgan fingerprint density at radius 1 is 1.08 bits per heavy atom. The topological polar surface area (TPSA) is 106 Å². The molecule has 0 bridgehead atoms. The van der Waals surface area contributed by atoms with E-state index in [-0.39, 0.29) is 12.5 Å². The van der Waals surface area contributed by atoms with Crippen molar-refractivity contribution in [1.29, 1.82) is 0 Å². The van der Waals surface area contributed by atoms with Crippen LogP contribution in [0.25, 0.3) is 0 Å². The summed E-state index contributed by atoms with van der Waals surface area (Å²) in [4.78, 5) is 39.1. The van der Waals surface area contributed by atoms with Crippen LogP contribution in [0.5, 0.6) is 5.75 Å². The number of carbonyl (C=O) groups excluding carboxylic acids is 3. The maximum Gasteiger partial charge on any atom is 0.341 e. The van der Waals surface area contributed by atoms with E-state index in [1.54, 1.807) is 56.3 Å². The van der Waals surface area contributed by atoms with E-state index in [0.29, 0.717) is 37.5 Å². The summed E-state index contributed by atoms with van der Waals surface area (Å²) in [5.41, 5.74) is 4.91. The van der Waals surface area contributed by atoms with E-state index >= 15 is 0 Å². The molecule has 4 rings (SSSR count). The highest BCUT2D eigenvalue weighted by atomic mass is 35.5. The van der Waals surface area contributed by atoms with E-state index in [4.69, 9.17) is 32.7 Å². The summed E-state index contributed by atoms with van der Waals surface area (Å²) in [6, 6.07) is 11.4. The molecule has 0 saturated heterocycles. The van der Waals surface area contributed by atoms with Crippen molar-refractivity contribution < 1.29 is 23.9 Å². The maximum atomic E-state index is 13.0. The number of rotatable bonds is 9. The molecule has 204 valence electrons. The van der Waals surface area contributed by atoms with Crippen LogP contribution >= 0.6 is 34.5 Å². The van der Waals surface area contributed by atoms with E-state index in [1.807, 2.05) is 0 Å². The Labute approximate surface area is 240 Å². The van der Waals surface area contributed by atoms with Crippen molar-refractivity contribution in [3.8, 4) is 5.75 Å². The second kappa shape index (κ2) is 13.1. The molecule has 1 aromatic heterocycles. The number of thiophene rings is 1. The van der Waals surface area contributed by atoms with Gasteiger partial charge >= 0.3 is 5.97 Å². The highest BCUT2D eigenvalue weighted by Gasteiger charge is 2.27. The van der Waals surface area contributed by atoms with Crippen molar-refractivity contribution in [3.63, 3.8) is 0 Å². The number of carbonyl (C=O) groups is 3. The largest absolute Gasteiger partial charge is 0.481 e. The lowest BCUT2D eigenvalue weighted by atomic mass is 9.95. The average molecular weight is 589 g/mol. The lowest BCUT2D eigenvalue weighted by Crippen LogP contribution is -2.33. The minimum atomic E-state index is -0.847. The first-order chi connectivity index (χ1) is 18.8. The van der Waals surface area contributed by atoms with Gasteiger partial charge in [0.15, 0.2) is 6.10 Å². The first kappa shape index (κ1) is 28.6. The predicted molar refractivity (Wildman–Crippen MR) is 154 cm³/mol. The van der Waals surface area contributed by atoms with Crippen LogP contribution in [0.15, 0.2) is 47.6 Å². The molecule has 1 aliphatic rings. The number of benzene rings is 2. The number of ether oxygens (including phenoxy) is 2. The number of hydrogen-bond donors (Lipinski definition) is 2. The van der Waals surface area contributed by atoms with E-state index in [9.17, 15) is 14.4 Å². The predicted octanol–water partition coefficient (Wildman–Crippen LogP) is 6.28. The molecule has 39 heavy (non-hydrogen) atoms. The zero-order valence-corrected chi connectivity index (χ0v) is 23.7. The third-order valence-electron chi connectivity index (χ3n) is 6.01. The summed E-state index contributed by atoms with van der Waals surface area (Å²) in [5.74, 6) is -0.819. The fraction of sp³-hybridized carbons (Fsp3) is 0.286. The molecule has 2 amide bonds. The van der Waals surface area contributed by atoms with Crippen molar-refractivity contribution in [3.05, 3.63) is 79.6 Å². The molecule has 0 radical (unpaired) electrons. The first-order valence-electron chi connectivity index (χ1n) is 12.4. The molecule has 8 nitrogen and oxygen atoms in total. The fourth-order valence-electron chi connectivity index (χ4n) is 4.04. The number of amides is 2. The van der Waals surface area contributed by atoms with Gasteiger partial charge in [-0.05, 0) is 87.1 Å². The lowest BCUT2D eigenvalue weighted by molar-refractivity contribution is -0.127. The quantitative estimate of drug-likeness (QED) is 0.174. The minimum Gasteiger partial charge on any atom is -0.481 e. The molecule has 1 atom stereocenters. The average Bonchev–Trinajstić information content (AvgIpc) is 3.29. The fourth-order valence-corrected chi connectivity index (χ4v) is 5.62. The van der Waals surface area contributed by atoms with Crippen LogP contribution in [0.1, 0.15) is 63.4 Å². The minimum absolute atomic E-state index is 0.262. The number of hydrogen-bond acceptors (Lipinski definition) is 7. The van der Waals surface area contributed by atoms with E-state index in [1.165, 1.54) is 17.6 Å². The number of nitrogens with zero attached hydrogens (tertiary/aromatic N) is 1. The number of halogens is 2. The van der Waals surface area contributed by atoms with Gasteiger partial charge in [0.1, 0.15) is 10.8 Å². The van der Waals surface area contributed by atoms with Gasteiger partial charge in [0.05, 0.1) is 28.4 Å². The van der Waals surface area contributed by atoms with E-state index < -0.39 is 18.0 Å². The van der Waals surface area contributed by atoms with Crippen molar-refractivity contribution in [2.45, 2.75) is 45.6 Å². The molecule has 2 aromatic carbocycles. The van der Waals surface area contributed by atoms with E-state index in [2.05, 4.69) is 15.8 Å². The molecule has 2 N–H and O–H groups in total. The standard InChI is InChI=1S/C28H27Cl2N3O5S/c1-3-37-28(36)24-20-6-4-5-7-23(20)39-27(24)32-26(35)18-9-11-19(12-10-18)38-16(2)25(34)33-31-15-17-8-13-21(29)22(30)14-17/h8-16H,3-7H2,1-2H3,(H,32,35)(H,33,34)/b31-15+. The Bertz CT molecular complexity index is 1400. The highest BCUT2D eigenvalue weighted by molar-refractivity contribution is 7.17. The molecule has 1 heterocycles. The van der Waals surface area contributed by atoms with Crippen LogP contribution in [0.3, 0.4) is 0 Å². The zero-order valence-electron chi connectivity index (χ0n) is 21.4. The number of nitrogens with one attached hydrogen (secondary N) is 2. The number of esters is 1. The van der Waals surface area contributed by atoms with Gasteiger partial charge in [0, 0.05) is 10.4 Å². The normalized spacial score (nSPS) is 13.4. The van der Waals surface area contributed by atoms with Gasteiger partial charge in [-0.3, -0.25) is 9.59 Å². The molecule has 11 heteroatoms. The number of fused-ring (bicyclic) bond motifs is 1. The van der Waals surface area contributed by atoms with Crippen molar-refractivity contribution in [1.82, 2.24) is 5.43 Å². The van der Waals surface area contributed by atoms with Crippen LogP contribution in [0.4, 0.5) is 5.00 Å². The molecule has 0 spiro atoms. The van der Waals surface area contributed by atoms with Gasteiger partial charge in [-0.2, -0.15) is 5.10 Å². The number of aryl methyl sites for hydroxylation is 1. The van der Waals surface area contributed by atoms with Gasteiger partial charge in [-0.15, -0.1) is 11.3 Å². The van der Waals surface area contributed by atoms with Crippen LogP contribution in [-0.2, 0) is 22.4 Å². The third-order valence-corrected chi connectivity index (χ3v) is 7.95. The zero-order chi connectivity index (χ0) is 27.9. The van der Waals surface area contributed by atoms with Gasteiger partial charge < -0.3 is 14.8 Å².